The van der Waals surface area contributed by atoms with Gasteiger partial charge in [0.1, 0.15) is 18.7 Å². The SMILES string of the molecule is CCC[C@@H]1CN(C(=O)C(CC(C)C)NC(=O)c2ccc(-c3csc(N4CCN(C)CC4)n3)cc2)[C@@H]2C(=O)CO[C@H]12. The van der Waals surface area contributed by atoms with Crippen molar-refractivity contribution in [3.63, 3.8) is 0 Å². The number of carbonyl (C=O) groups is 3. The molecule has 3 saturated heterocycles. The minimum atomic E-state index is -0.703. The van der Waals surface area contributed by atoms with Gasteiger partial charge < -0.3 is 24.8 Å². The van der Waals surface area contributed by atoms with Gasteiger partial charge >= 0.3 is 0 Å². The number of hydrogen-bond acceptors (Lipinski definition) is 8. The van der Waals surface area contributed by atoms with E-state index in [2.05, 4.69) is 34.5 Å². The molecule has 40 heavy (non-hydrogen) atoms. The largest absolute Gasteiger partial charge is 0.367 e. The summed E-state index contributed by atoms with van der Waals surface area (Å²) in [7, 11) is 2.14. The summed E-state index contributed by atoms with van der Waals surface area (Å²) < 4.78 is 5.79. The number of amides is 2. The molecule has 2 amide bonds. The smallest absolute Gasteiger partial charge is 0.251 e. The van der Waals surface area contributed by atoms with Crippen molar-refractivity contribution in [2.45, 2.75) is 58.2 Å². The maximum Gasteiger partial charge on any atom is 0.251 e. The van der Waals surface area contributed by atoms with Crippen LogP contribution in [0.2, 0.25) is 0 Å². The molecule has 216 valence electrons. The lowest BCUT2D eigenvalue weighted by Gasteiger charge is -2.32. The Bertz CT molecular complexity index is 1210. The Morgan fingerprint density at radius 2 is 1.88 bits per heavy atom. The van der Waals surface area contributed by atoms with E-state index in [1.54, 1.807) is 28.4 Å². The number of benzene rings is 1. The summed E-state index contributed by atoms with van der Waals surface area (Å²) in [4.78, 5) is 50.9. The summed E-state index contributed by atoms with van der Waals surface area (Å²) in [5.41, 5.74) is 2.34. The number of aromatic nitrogens is 1. The molecule has 3 aliphatic heterocycles. The molecule has 0 spiro atoms. The van der Waals surface area contributed by atoms with Crippen LogP contribution in [0.1, 0.15) is 50.4 Å². The molecule has 4 heterocycles. The molecule has 9 nitrogen and oxygen atoms in total. The van der Waals surface area contributed by atoms with Crippen LogP contribution in [0, 0.1) is 11.8 Å². The first-order valence-electron chi connectivity index (χ1n) is 14.5. The monoisotopic (exact) mass is 567 g/mol. The first-order valence-corrected chi connectivity index (χ1v) is 15.4. The zero-order valence-electron chi connectivity index (χ0n) is 24.0. The van der Waals surface area contributed by atoms with Crippen LogP contribution in [-0.4, -0.2) is 96.9 Å². The van der Waals surface area contributed by atoms with Crippen molar-refractivity contribution >= 4 is 34.1 Å². The highest BCUT2D eigenvalue weighted by molar-refractivity contribution is 7.14. The maximum absolute atomic E-state index is 13.8. The Morgan fingerprint density at radius 3 is 2.55 bits per heavy atom. The Labute approximate surface area is 240 Å². The normalized spacial score (nSPS) is 24.0. The minimum absolute atomic E-state index is 0.0417. The second kappa shape index (κ2) is 12.4. The van der Waals surface area contributed by atoms with Gasteiger partial charge in [-0.1, -0.05) is 39.3 Å². The number of ketones is 1. The van der Waals surface area contributed by atoms with Crippen LogP contribution in [0.3, 0.4) is 0 Å². The number of ether oxygens (including phenoxy) is 1. The molecule has 2 aromatic rings. The number of hydrogen-bond donors (Lipinski definition) is 1. The van der Waals surface area contributed by atoms with Crippen molar-refractivity contribution in [1.29, 1.82) is 0 Å². The lowest BCUT2D eigenvalue weighted by atomic mass is 9.97. The predicted molar refractivity (Wildman–Crippen MR) is 157 cm³/mol. The molecule has 10 heteroatoms. The molecule has 5 rings (SSSR count). The first kappa shape index (κ1) is 28.7. The average Bonchev–Trinajstić information content (AvgIpc) is 3.66. The van der Waals surface area contributed by atoms with Gasteiger partial charge in [0.15, 0.2) is 10.9 Å². The summed E-state index contributed by atoms with van der Waals surface area (Å²) in [6.45, 7) is 10.7. The van der Waals surface area contributed by atoms with E-state index in [1.165, 1.54) is 0 Å². The Balaban J connectivity index is 1.26. The molecule has 1 aromatic carbocycles. The van der Waals surface area contributed by atoms with E-state index in [-0.39, 0.29) is 42.1 Å². The number of nitrogens with zero attached hydrogens (tertiary/aromatic N) is 4. The highest BCUT2D eigenvalue weighted by Gasteiger charge is 2.52. The first-order chi connectivity index (χ1) is 19.2. The average molecular weight is 568 g/mol. The summed E-state index contributed by atoms with van der Waals surface area (Å²) in [5, 5.41) is 6.07. The third-order valence-electron chi connectivity index (χ3n) is 8.25. The maximum atomic E-state index is 13.8. The van der Waals surface area contributed by atoms with Crippen LogP contribution in [0.5, 0.6) is 0 Å². The molecule has 1 N–H and O–H groups in total. The second-order valence-corrected chi connectivity index (χ2v) is 12.6. The van der Waals surface area contributed by atoms with Crippen molar-refractivity contribution in [1.82, 2.24) is 20.1 Å². The van der Waals surface area contributed by atoms with Crippen LogP contribution in [0.15, 0.2) is 29.6 Å². The lowest BCUT2D eigenvalue weighted by Crippen LogP contribution is -2.52. The second-order valence-electron chi connectivity index (χ2n) is 11.8. The van der Waals surface area contributed by atoms with Gasteiger partial charge in [0.2, 0.25) is 5.91 Å². The topological polar surface area (TPSA) is 95.1 Å². The number of carbonyl (C=O) groups excluding carboxylic acids is 3. The van der Waals surface area contributed by atoms with Gasteiger partial charge in [-0.15, -0.1) is 11.3 Å². The number of Topliss-reactive ketones (excluding diaryl/α,β-unsaturated/α-hetero) is 1. The molecule has 0 saturated carbocycles. The number of fused-ring (bicyclic) bond motifs is 1. The van der Waals surface area contributed by atoms with Crippen LogP contribution in [0.4, 0.5) is 5.13 Å². The summed E-state index contributed by atoms with van der Waals surface area (Å²) in [5.74, 6) is -0.186. The highest BCUT2D eigenvalue weighted by atomic mass is 32.1. The number of rotatable bonds is 9. The number of thiazole rings is 1. The van der Waals surface area contributed by atoms with Crippen molar-refractivity contribution < 1.29 is 19.1 Å². The van der Waals surface area contributed by atoms with Crippen molar-refractivity contribution in [2.24, 2.45) is 11.8 Å². The van der Waals surface area contributed by atoms with E-state index in [0.717, 1.165) is 55.4 Å². The van der Waals surface area contributed by atoms with Gasteiger partial charge in [-0.05, 0) is 37.9 Å². The van der Waals surface area contributed by atoms with Gasteiger partial charge in [0.25, 0.3) is 5.91 Å². The number of likely N-dealkylation sites (tertiary alicyclic amines) is 1. The van der Waals surface area contributed by atoms with E-state index < -0.39 is 12.1 Å². The molecular formula is C30H41N5O4S. The molecule has 1 aromatic heterocycles. The quantitative estimate of drug-likeness (QED) is 0.497. The number of nitrogens with one attached hydrogen (secondary N) is 1. The van der Waals surface area contributed by atoms with E-state index in [1.807, 2.05) is 26.0 Å². The molecular weight excluding hydrogens is 526 g/mol. The number of anilines is 1. The van der Waals surface area contributed by atoms with Gasteiger partial charge in [0, 0.05) is 55.1 Å². The summed E-state index contributed by atoms with van der Waals surface area (Å²) in [6, 6.07) is 6.15. The fourth-order valence-corrected chi connectivity index (χ4v) is 6.96. The molecule has 4 atom stereocenters. The fourth-order valence-electron chi connectivity index (χ4n) is 6.07. The third kappa shape index (κ3) is 6.09. The van der Waals surface area contributed by atoms with Gasteiger partial charge in [0.05, 0.1) is 11.8 Å². The van der Waals surface area contributed by atoms with Crippen molar-refractivity contribution in [2.75, 3.05) is 51.3 Å². The van der Waals surface area contributed by atoms with E-state index >= 15 is 0 Å². The molecule has 0 aliphatic carbocycles. The highest BCUT2D eigenvalue weighted by Crippen LogP contribution is 2.35. The van der Waals surface area contributed by atoms with E-state index in [9.17, 15) is 14.4 Å². The standard InChI is InChI=1S/C30H41N5O4S/c1-5-6-22-16-35(26-25(36)17-39-27(22)26)29(38)23(15-19(2)3)31-28(37)21-9-7-20(8-10-21)24-18-40-30(32-24)34-13-11-33(4)12-14-34/h7-10,18-19,22-23,26-27H,5-6,11-17H2,1-4H3,(H,31,37)/t22-,23?,26-,27-/m1/s1. The molecule has 3 fully saturated rings. The molecule has 1 unspecified atom stereocenters. The van der Waals surface area contributed by atoms with Crippen LogP contribution in [-0.2, 0) is 14.3 Å². The lowest BCUT2D eigenvalue weighted by molar-refractivity contribution is -0.138. The molecule has 0 bridgehead atoms. The zero-order valence-corrected chi connectivity index (χ0v) is 24.8. The summed E-state index contributed by atoms with van der Waals surface area (Å²) in [6.07, 6.45) is 2.13. The number of likely N-dealkylation sites (N-methyl/N-ethyl adjacent to an activating group) is 1. The molecule has 0 radical (unpaired) electrons. The van der Waals surface area contributed by atoms with Gasteiger partial charge in [-0.3, -0.25) is 14.4 Å². The van der Waals surface area contributed by atoms with Crippen LogP contribution < -0.4 is 10.2 Å². The van der Waals surface area contributed by atoms with Crippen molar-refractivity contribution in [3.05, 3.63) is 35.2 Å². The Hall–Kier alpha value is -2.82. The minimum Gasteiger partial charge on any atom is -0.367 e. The predicted octanol–water partition coefficient (Wildman–Crippen LogP) is 3.30. The van der Waals surface area contributed by atoms with Crippen LogP contribution in [0.25, 0.3) is 11.3 Å². The number of piperazine rings is 1. The fraction of sp³-hybridized carbons (Fsp3) is 0.600. The molecule has 3 aliphatic rings. The Kier molecular flexibility index (Phi) is 8.87. The van der Waals surface area contributed by atoms with Gasteiger partial charge in [-0.2, -0.15) is 0 Å². The zero-order chi connectivity index (χ0) is 28.4. The van der Waals surface area contributed by atoms with Crippen molar-refractivity contribution in [3.8, 4) is 11.3 Å². The van der Waals surface area contributed by atoms with E-state index in [4.69, 9.17) is 9.72 Å². The van der Waals surface area contributed by atoms with E-state index in [0.29, 0.717) is 18.5 Å². The van der Waals surface area contributed by atoms with Crippen LogP contribution >= 0.6 is 11.3 Å². The Morgan fingerprint density at radius 1 is 1.15 bits per heavy atom. The third-order valence-corrected chi connectivity index (χ3v) is 9.15. The summed E-state index contributed by atoms with van der Waals surface area (Å²) >= 11 is 1.64. The van der Waals surface area contributed by atoms with Gasteiger partial charge in [-0.25, -0.2) is 4.98 Å².